The van der Waals surface area contributed by atoms with E-state index in [-0.39, 0.29) is 17.0 Å². The Balaban J connectivity index is 1.43. The van der Waals surface area contributed by atoms with Gasteiger partial charge >= 0.3 is 6.18 Å². The molecule has 4 heterocycles. The van der Waals surface area contributed by atoms with Gasteiger partial charge in [-0.25, -0.2) is 9.50 Å². The number of alkyl halides is 3. The van der Waals surface area contributed by atoms with Gasteiger partial charge in [0.25, 0.3) is 5.91 Å². The van der Waals surface area contributed by atoms with E-state index in [0.29, 0.717) is 35.6 Å². The van der Waals surface area contributed by atoms with Gasteiger partial charge in [0.15, 0.2) is 17.0 Å². The summed E-state index contributed by atoms with van der Waals surface area (Å²) < 4.78 is 41.9. The highest BCUT2D eigenvalue weighted by atomic mass is 32.1. The van der Waals surface area contributed by atoms with Crippen molar-refractivity contribution >= 4 is 28.6 Å². The first-order chi connectivity index (χ1) is 15.4. The van der Waals surface area contributed by atoms with Crippen LogP contribution >= 0.6 is 11.3 Å². The number of carbonyl (C=O) groups is 1. The molecule has 0 bridgehead atoms. The molecular weight excluding hydrogens is 439 g/mol. The molecule has 1 aromatic carbocycles. The van der Waals surface area contributed by atoms with Gasteiger partial charge in [0.2, 0.25) is 0 Å². The molecule has 0 aliphatic carbocycles. The lowest BCUT2D eigenvalue weighted by atomic mass is 10.2. The van der Waals surface area contributed by atoms with Gasteiger partial charge in [0.1, 0.15) is 0 Å². The van der Waals surface area contributed by atoms with Crippen LogP contribution in [0.15, 0.2) is 60.0 Å². The monoisotopic (exact) mass is 457 g/mol. The fraction of sp³-hybridized carbons (Fsp3) is 0.227. The van der Waals surface area contributed by atoms with Crippen LogP contribution in [-0.4, -0.2) is 51.6 Å². The van der Waals surface area contributed by atoms with Crippen LogP contribution in [0.5, 0.6) is 0 Å². The number of carbonyl (C=O) groups excluding carboxylic acids is 1. The van der Waals surface area contributed by atoms with Crippen LogP contribution in [0.3, 0.4) is 0 Å². The zero-order valence-electron chi connectivity index (χ0n) is 16.8. The van der Waals surface area contributed by atoms with Crippen LogP contribution in [0.4, 0.5) is 18.9 Å². The average molecular weight is 457 g/mol. The maximum absolute atomic E-state index is 13.7. The van der Waals surface area contributed by atoms with Gasteiger partial charge in [-0.05, 0) is 29.6 Å². The van der Waals surface area contributed by atoms with Crippen LogP contribution < -0.4 is 4.90 Å². The SMILES string of the molecule is O=C(c1cc2nc(-c3cccs3)cc(C(F)(F)F)n2n1)N1CCN(c2ccccc2)CC1. The van der Waals surface area contributed by atoms with E-state index < -0.39 is 17.8 Å². The number of amides is 1. The van der Waals surface area contributed by atoms with Crippen molar-refractivity contribution in [1.82, 2.24) is 19.5 Å². The molecule has 0 spiro atoms. The minimum Gasteiger partial charge on any atom is -0.368 e. The smallest absolute Gasteiger partial charge is 0.368 e. The highest BCUT2D eigenvalue weighted by Gasteiger charge is 2.36. The van der Waals surface area contributed by atoms with E-state index in [2.05, 4.69) is 15.0 Å². The number of hydrogen-bond acceptors (Lipinski definition) is 5. The molecule has 5 rings (SSSR count). The Kier molecular flexibility index (Phi) is 5.09. The summed E-state index contributed by atoms with van der Waals surface area (Å²) in [6.07, 6.45) is -4.64. The van der Waals surface area contributed by atoms with Crippen molar-refractivity contribution in [2.45, 2.75) is 6.18 Å². The molecule has 0 N–H and O–H groups in total. The van der Waals surface area contributed by atoms with Gasteiger partial charge in [0.05, 0.1) is 10.6 Å². The molecule has 0 atom stereocenters. The number of fused-ring (bicyclic) bond motifs is 1. The van der Waals surface area contributed by atoms with Crippen LogP contribution in [0, 0.1) is 0 Å². The summed E-state index contributed by atoms with van der Waals surface area (Å²) in [5.41, 5.74) is 0.274. The first-order valence-electron chi connectivity index (χ1n) is 10.0. The molecule has 1 fully saturated rings. The summed E-state index contributed by atoms with van der Waals surface area (Å²) in [5.74, 6) is -0.394. The first kappa shape index (κ1) is 20.5. The second-order valence-electron chi connectivity index (χ2n) is 7.42. The van der Waals surface area contributed by atoms with Crippen LogP contribution in [0.2, 0.25) is 0 Å². The lowest BCUT2D eigenvalue weighted by Crippen LogP contribution is -2.48. The van der Waals surface area contributed by atoms with Gasteiger partial charge in [0, 0.05) is 37.9 Å². The lowest BCUT2D eigenvalue weighted by molar-refractivity contribution is -0.142. The van der Waals surface area contributed by atoms with Crippen molar-refractivity contribution in [3.63, 3.8) is 0 Å². The normalized spacial score (nSPS) is 14.8. The van der Waals surface area contributed by atoms with E-state index >= 15 is 0 Å². The molecule has 3 aromatic heterocycles. The number of benzene rings is 1. The van der Waals surface area contributed by atoms with Crippen molar-refractivity contribution < 1.29 is 18.0 Å². The highest BCUT2D eigenvalue weighted by molar-refractivity contribution is 7.13. The summed E-state index contributed by atoms with van der Waals surface area (Å²) in [4.78, 5) is 21.7. The molecule has 1 amide bonds. The minimum atomic E-state index is -4.64. The van der Waals surface area contributed by atoms with Crippen molar-refractivity contribution in [3.05, 3.63) is 71.4 Å². The van der Waals surface area contributed by atoms with E-state index in [1.807, 2.05) is 30.3 Å². The third kappa shape index (κ3) is 3.81. The Hall–Kier alpha value is -3.40. The van der Waals surface area contributed by atoms with Crippen molar-refractivity contribution in [3.8, 4) is 10.6 Å². The standard InChI is InChI=1S/C22H18F3N5OS/c23-22(24,25)19-13-16(18-7-4-12-32-18)26-20-14-17(27-30(19)20)21(31)29-10-8-28(9-11-29)15-5-2-1-3-6-15/h1-7,12-14H,8-11H2. The van der Waals surface area contributed by atoms with E-state index in [0.717, 1.165) is 11.8 Å². The number of hydrogen-bond donors (Lipinski definition) is 0. The van der Waals surface area contributed by atoms with Gasteiger partial charge in [-0.15, -0.1) is 11.3 Å². The quantitative estimate of drug-likeness (QED) is 0.457. The largest absolute Gasteiger partial charge is 0.433 e. The second kappa shape index (κ2) is 7.94. The summed E-state index contributed by atoms with van der Waals surface area (Å²) in [5, 5.41) is 5.76. The number of halogens is 3. The van der Waals surface area contributed by atoms with Gasteiger partial charge in [-0.3, -0.25) is 4.79 Å². The average Bonchev–Trinajstić information content (AvgIpc) is 3.48. The first-order valence-corrected chi connectivity index (χ1v) is 10.9. The summed E-state index contributed by atoms with van der Waals surface area (Å²) >= 11 is 1.30. The third-order valence-electron chi connectivity index (χ3n) is 5.40. The molecule has 0 saturated carbocycles. The van der Waals surface area contributed by atoms with Crippen LogP contribution in [-0.2, 0) is 6.18 Å². The molecule has 1 aliphatic rings. The summed E-state index contributed by atoms with van der Waals surface area (Å²) in [6.45, 7) is 2.19. The molecule has 0 unspecified atom stereocenters. The predicted molar refractivity (Wildman–Crippen MR) is 116 cm³/mol. The number of para-hydroxylation sites is 1. The van der Waals surface area contributed by atoms with Crippen molar-refractivity contribution in [2.24, 2.45) is 0 Å². The predicted octanol–water partition coefficient (Wildman–Crippen LogP) is 4.44. The van der Waals surface area contributed by atoms with E-state index in [4.69, 9.17) is 0 Å². The minimum absolute atomic E-state index is 0.00510. The Morgan fingerprint density at radius 2 is 1.72 bits per heavy atom. The molecule has 6 nitrogen and oxygen atoms in total. The van der Waals surface area contributed by atoms with Crippen LogP contribution in [0.25, 0.3) is 16.2 Å². The molecule has 0 radical (unpaired) electrons. The summed E-state index contributed by atoms with van der Waals surface area (Å²) in [6, 6.07) is 15.6. The van der Waals surface area contributed by atoms with Crippen molar-refractivity contribution in [1.29, 1.82) is 0 Å². The fourth-order valence-corrected chi connectivity index (χ4v) is 4.49. The Labute approximate surface area is 185 Å². The Morgan fingerprint density at radius 1 is 0.969 bits per heavy atom. The van der Waals surface area contributed by atoms with Gasteiger partial charge in [-0.2, -0.15) is 18.3 Å². The zero-order valence-corrected chi connectivity index (χ0v) is 17.6. The Bertz CT molecular complexity index is 1250. The number of piperazine rings is 1. The van der Waals surface area contributed by atoms with Crippen molar-refractivity contribution in [2.75, 3.05) is 31.1 Å². The number of rotatable bonds is 3. The van der Waals surface area contributed by atoms with Crippen LogP contribution in [0.1, 0.15) is 16.2 Å². The fourth-order valence-electron chi connectivity index (χ4n) is 3.80. The number of nitrogens with zero attached hydrogens (tertiary/aromatic N) is 5. The van der Waals surface area contributed by atoms with E-state index in [1.54, 1.807) is 22.4 Å². The topological polar surface area (TPSA) is 53.7 Å². The zero-order chi connectivity index (χ0) is 22.3. The maximum Gasteiger partial charge on any atom is 0.433 e. The third-order valence-corrected chi connectivity index (χ3v) is 6.29. The summed E-state index contributed by atoms with van der Waals surface area (Å²) in [7, 11) is 0. The van der Waals surface area contributed by atoms with Gasteiger partial charge in [-0.1, -0.05) is 24.3 Å². The van der Waals surface area contributed by atoms with Gasteiger partial charge < -0.3 is 9.80 Å². The number of anilines is 1. The molecule has 1 aliphatic heterocycles. The highest BCUT2D eigenvalue weighted by Crippen LogP contribution is 2.33. The molecule has 10 heteroatoms. The number of thiophene rings is 1. The maximum atomic E-state index is 13.7. The van der Waals surface area contributed by atoms with E-state index in [9.17, 15) is 18.0 Å². The molecular formula is C22H18F3N5OS. The van der Waals surface area contributed by atoms with E-state index in [1.165, 1.54) is 17.4 Å². The lowest BCUT2D eigenvalue weighted by Gasteiger charge is -2.35. The molecule has 32 heavy (non-hydrogen) atoms. The number of aromatic nitrogens is 3. The molecule has 4 aromatic rings. The second-order valence-corrected chi connectivity index (χ2v) is 8.36. The molecule has 1 saturated heterocycles. The Morgan fingerprint density at radius 3 is 2.38 bits per heavy atom. The molecule has 164 valence electrons.